The van der Waals surface area contributed by atoms with Crippen LogP contribution in [0.5, 0.6) is 5.75 Å². The Labute approximate surface area is 173 Å². The van der Waals surface area contributed by atoms with Crippen LogP contribution in [-0.4, -0.2) is 63.6 Å². The number of ether oxygens (including phenoxy) is 1. The van der Waals surface area contributed by atoms with Crippen molar-refractivity contribution in [2.24, 2.45) is 0 Å². The Balaban J connectivity index is 1.62. The lowest BCUT2D eigenvalue weighted by atomic mass is 9.85. The van der Waals surface area contributed by atoms with Gasteiger partial charge in [-0.05, 0) is 46.7 Å². The molecule has 1 aliphatic rings. The largest absolute Gasteiger partial charge is 0.494 e. The lowest BCUT2D eigenvalue weighted by Crippen LogP contribution is -2.54. The Kier molecular flexibility index (Phi) is 5.33. The van der Waals surface area contributed by atoms with Crippen LogP contribution in [0.3, 0.4) is 0 Å². The fourth-order valence-electron chi connectivity index (χ4n) is 3.68. The molecule has 1 fully saturated rings. The van der Waals surface area contributed by atoms with E-state index in [4.69, 9.17) is 4.74 Å². The van der Waals surface area contributed by atoms with Gasteiger partial charge in [-0.1, -0.05) is 6.07 Å². The first-order chi connectivity index (χ1) is 14.8. The smallest absolute Gasteiger partial charge is 0.471 e. The predicted molar refractivity (Wildman–Crippen MR) is 99.1 cm³/mol. The van der Waals surface area contributed by atoms with Gasteiger partial charge in [0.2, 0.25) is 0 Å². The summed E-state index contributed by atoms with van der Waals surface area (Å²) in [5.74, 6) is -2.77. The Morgan fingerprint density at radius 3 is 2.77 bits per heavy atom. The molecule has 1 aliphatic heterocycles. The van der Waals surface area contributed by atoms with E-state index in [0.717, 1.165) is 0 Å². The van der Waals surface area contributed by atoms with Crippen molar-refractivity contribution < 1.29 is 27.1 Å². The number of tetrazole rings is 1. The number of halogens is 4. The number of piperidine rings is 1. The standard InChI is InChI=1S/C18H17F4N7O2/c1-31-14-3-2-10(8-12(14)19)11-6-7-28(9-13(11)23-17(30)18(20,21)22)16-5-4-15-24-26-27-29(15)25-16/h2-5,8,11,13H,6-7,9H2,1H3,(H,23,30). The molecule has 1 aromatic carbocycles. The van der Waals surface area contributed by atoms with Crippen molar-refractivity contribution in [1.82, 2.24) is 30.6 Å². The number of anilines is 1. The molecule has 1 amide bonds. The maximum absolute atomic E-state index is 14.2. The summed E-state index contributed by atoms with van der Waals surface area (Å²) in [4.78, 5) is 13.4. The minimum absolute atomic E-state index is 0.0241. The molecule has 13 heteroatoms. The SMILES string of the molecule is COc1ccc(C2CCN(c3ccc4nnnn4n3)CC2NC(=O)C(F)(F)F)cc1F. The van der Waals surface area contributed by atoms with E-state index in [-0.39, 0.29) is 12.3 Å². The van der Waals surface area contributed by atoms with E-state index in [9.17, 15) is 22.4 Å². The highest BCUT2D eigenvalue weighted by Gasteiger charge is 2.42. The highest BCUT2D eigenvalue weighted by Crippen LogP contribution is 2.33. The molecule has 1 saturated heterocycles. The summed E-state index contributed by atoms with van der Waals surface area (Å²) in [7, 11) is 1.32. The second-order valence-corrected chi connectivity index (χ2v) is 7.03. The van der Waals surface area contributed by atoms with Crippen LogP contribution >= 0.6 is 0 Å². The average molecular weight is 439 g/mol. The molecule has 4 rings (SSSR count). The van der Waals surface area contributed by atoms with Crippen LogP contribution in [0.15, 0.2) is 30.3 Å². The van der Waals surface area contributed by atoms with Gasteiger partial charge in [-0.2, -0.15) is 13.2 Å². The van der Waals surface area contributed by atoms with Crippen LogP contribution in [0.25, 0.3) is 5.65 Å². The van der Waals surface area contributed by atoms with Crippen molar-refractivity contribution in [3.8, 4) is 5.75 Å². The van der Waals surface area contributed by atoms with Crippen LogP contribution in [-0.2, 0) is 4.79 Å². The number of alkyl halides is 3. The molecular weight excluding hydrogens is 422 g/mol. The van der Waals surface area contributed by atoms with Gasteiger partial charge in [-0.3, -0.25) is 4.79 Å². The Morgan fingerprint density at radius 1 is 1.26 bits per heavy atom. The van der Waals surface area contributed by atoms with Crippen molar-refractivity contribution in [2.75, 3.05) is 25.1 Å². The zero-order chi connectivity index (χ0) is 22.2. The van der Waals surface area contributed by atoms with Crippen LogP contribution in [0.1, 0.15) is 17.9 Å². The van der Waals surface area contributed by atoms with E-state index in [2.05, 4.69) is 25.9 Å². The molecule has 31 heavy (non-hydrogen) atoms. The van der Waals surface area contributed by atoms with Gasteiger partial charge in [-0.25, -0.2) is 4.39 Å². The third-order valence-corrected chi connectivity index (χ3v) is 5.17. The maximum atomic E-state index is 14.2. The fourth-order valence-corrected chi connectivity index (χ4v) is 3.68. The molecule has 0 spiro atoms. The molecule has 2 aromatic heterocycles. The van der Waals surface area contributed by atoms with Gasteiger partial charge < -0.3 is 15.0 Å². The molecule has 0 aliphatic carbocycles. The van der Waals surface area contributed by atoms with Crippen molar-refractivity contribution in [3.05, 3.63) is 41.7 Å². The number of benzene rings is 1. The number of nitrogens with one attached hydrogen (secondary N) is 1. The average Bonchev–Trinajstić information content (AvgIpc) is 3.21. The van der Waals surface area contributed by atoms with Crippen molar-refractivity contribution in [2.45, 2.75) is 24.6 Å². The monoisotopic (exact) mass is 439 g/mol. The van der Waals surface area contributed by atoms with Gasteiger partial charge >= 0.3 is 12.1 Å². The van der Waals surface area contributed by atoms with Gasteiger partial charge in [0.05, 0.1) is 13.2 Å². The second-order valence-electron chi connectivity index (χ2n) is 7.03. The number of carbonyl (C=O) groups excluding carboxylic acids is 1. The summed E-state index contributed by atoms with van der Waals surface area (Å²) in [6, 6.07) is 6.53. The van der Waals surface area contributed by atoms with Crippen molar-refractivity contribution in [1.29, 1.82) is 0 Å². The van der Waals surface area contributed by atoms with Gasteiger partial charge in [-0.15, -0.1) is 14.8 Å². The zero-order valence-corrected chi connectivity index (χ0v) is 16.2. The fraction of sp³-hybridized carbons (Fsp3) is 0.389. The van der Waals surface area contributed by atoms with E-state index >= 15 is 0 Å². The van der Waals surface area contributed by atoms with Crippen LogP contribution < -0.4 is 15.0 Å². The number of hydrogen-bond donors (Lipinski definition) is 1. The lowest BCUT2D eigenvalue weighted by Gasteiger charge is -2.39. The molecule has 0 bridgehead atoms. The number of carbonyl (C=O) groups is 1. The molecule has 2 unspecified atom stereocenters. The molecule has 3 aromatic rings. The molecule has 1 N–H and O–H groups in total. The summed E-state index contributed by atoms with van der Waals surface area (Å²) in [5, 5.41) is 17.3. The number of fused-ring (bicyclic) bond motifs is 1. The van der Waals surface area contributed by atoms with Crippen molar-refractivity contribution >= 4 is 17.4 Å². The topological polar surface area (TPSA) is 97.5 Å². The summed E-state index contributed by atoms with van der Waals surface area (Å²) < 4.78 is 59.1. The third kappa shape index (κ3) is 4.20. The molecule has 2 atom stereocenters. The minimum atomic E-state index is -5.04. The number of methoxy groups -OCH3 is 1. The summed E-state index contributed by atoms with van der Waals surface area (Å²) in [6.45, 7) is 0.443. The number of amides is 1. The van der Waals surface area contributed by atoms with Gasteiger partial charge in [0, 0.05) is 19.0 Å². The van der Waals surface area contributed by atoms with Gasteiger partial charge in [0.15, 0.2) is 23.0 Å². The van der Waals surface area contributed by atoms with Crippen LogP contribution in [0, 0.1) is 5.82 Å². The van der Waals surface area contributed by atoms with E-state index in [1.54, 1.807) is 23.1 Å². The molecule has 0 saturated carbocycles. The van der Waals surface area contributed by atoms with E-state index < -0.39 is 29.9 Å². The highest BCUT2D eigenvalue weighted by atomic mass is 19.4. The first-order valence-corrected chi connectivity index (χ1v) is 9.28. The summed E-state index contributed by atoms with van der Waals surface area (Å²) >= 11 is 0. The van der Waals surface area contributed by atoms with Gasteiger partial charge in [0.1, 0.15) is 0 Å². The van der Waals surface area contributed by atoms with E-state index in [0.29, 0.717) is 30.0 Å². The number of nitrogens with zero attached hydrogens (tertiary/aromatic N) is 6. The molecule has 9 nitrogen and oxygen atoms in total. The summed E-state index contributed by atoms with van der Waals surface area (Å²) in [5.41, 5.74) is 0.878. The van der Waals surface area contributed by atoms with Crippen molar-refractivity contribution in [3.63, 3.8) is 0 Å². The normalized spacial score (nSPS) is 19.5. The van der Waals surface area contributed by atoms with Gasteiger partial charge in [0.25, 0.3) is 0 Å². The Morgan fingerprint density at radius 2 is 2.06 bits per heavy atom. The van der Waals surface area contributed by atoms with Crippen LogP contribution in [0.4, 0.5) is 23.4 Å². The Hall–Kier alpha value is -3.51. The first-order valence-electron chi connectivity index (χ1n) is 9.28. The second kappa shape index (κ2) is 7.96. The molecule has 0 radical (unpaired) electrons. The first kappa shape index (κ1) is 20.8. The lowest BCUT2D eigenvalue weighted by molar-refractivity contribution is -0.174. The third-order valence-electron chi connectivity index (χ3n) is 5.17. The number of aromatic nitrogens is 5. The highest BCUT2D eigenvalue weighted by molar-refractivity contribution is 5.82. The molecule has 164 valence electrons. The predicted octanol–water partition coefficient (Wildman–Crippen LogP) is 1.71. The minimum Gasteiger partial charge on any atom is -0.494 e. The maximum Gasteiger partial charge on any atom is 0.471 e. The summed E-state index contributed by atoms with van der Waals surface area (Å²) in [6.07, 6.45) is -4.69. The number of rotatable bonds is 4. The van der Waals surface area contributed by atoms with Crippen LogP contribution in [0.2, 0.25) is 0 Å². The van der Waals surface area contributed by atoms with E-state index in [1.165, 1.54) is 23.9 Å². The molecule has 3 heterocycles. The van der Waals surface area contributed by atoms with E-state index in [1.807, 2.05) is 0 Å². The number of hydrogen-bond acceptors (Lipinski definition) is 7. The zero-order valence-electron chi connectivity index (χ0n) is 16.2. The molecular formula is C18H17F4N7O2. The quantitative estimate of drug-likeness (QED) is 0.618. The Bertz CT molecular complexity index is 1100.